The maximum Gasteiger partial charge on any atom is 0.197 e. The van der Waals surface area contributed by atoms with Crippen molar-refractivity contribution in [2.45, 2.75) is 14.7 Å². The van der Waals surface area contributed by atoms with E-state index in [9.17, 15) is 21.9 Å². The molecule has 0 aliphatic rings. The molecule has 0 saturated heterocycles. The highest BCUT2D eigenvalue weighted by molar-refractivity contribution is 7.94. The first-order valence-corrected chi connectivity index (χ1v) is 19.1. The van der Waals surface area contributed by atoms with E-state index in [1.807, 2.05) is 0 Å². The first kappa shape index (κ1) is 41.2. The lowest BCUT2D eigenvalue weighted by molar-refractivity contribution is -0.434. The molecule has 0 bridgehead atoms. The molecule has 26 heteroatoms. The lowest BCUT2D eigenvalue weighted by Crippen LogP contribution is -2.11. The first-order chi connectivity index (χ1) is 25.0. The average Bonchev–Trinajstić information content (AvgIpc) is 3.13. The van der Waals surface area contributed by atoms with Crippen LogP contribution in [-0.2, 0) is 56.2 Å². The molecule has 0 aromatic heterocycles. The van der Waals surface area contributed by atoms with E-state index in [0.717, 1.165) is 0 Å². The van der Waals surface area contributed by atoms with Crippen molar-refractivity contribution in [2.24, 2.45) is 20.5 Å². The second-order valence-corrected chi connectivity index (χ2v) is 15.5. The summed E-state index contributed by atoms with van der Waals surface area (Å²) in [5, 5.41) is 63.6. The number of hydrogen-bond acceptors (Lipinski definition) is 24. The summed E-state index contributed by atoms with van der Waals surface area (Å²) in [6, 6.07) is 15.2. The Balaban J connectivity index is 1.60. The third kappa shape index (κ3) is 11.5. The third-order valence-electron chi connectivity index (χ3n) is 6.38. The zero-order valence-corrected chi connectivity index (χ0v) is 29.9. The summed E-state index contributed by atoms with van der Waals surface area (Å²) in [6.45, 7) is -0.570. The van der Waals surface area contributed by atoms with E-state index in [0.29, 0.717) is 12.0 Å². The largest absolute Gasteiger partial charge is 0.505 e. The molecule has 4 aromatic carbocycles. The van der Waals surface area contributed by atoms with Crippen LogP contribution in [0.15, 0.2) is 102 Å². The van der Waals surface area contributed by atoms with Gasteiger partial charge in [0.2, 0.25) is 0 Å². The number of anilines is 1. The third-order valence-corrected chi connectivity index (χ3v) is 11.1. The van der Waals surface area contributed by atoms with Gasteiger partial charge in [0.05, 0.1) is 68.5 Å². The number of fused-ring (bicyclic) bond motifs is 1. The van der Waals surface area contributed by atoms with Gasteiger partial charge in [0.15, 0.2) is 50.1 Å². The highest BCUT2D eigenvalue weighted by atomic mass is 32.2. The van der Waals surface area contributed by atoms with Crippen LogP contribution in [-0.4, -0.2) is 62.4 Å². The number of rotatable bonds is 21. The van der Waals surface area contributed by atoms with E-state index in [4.69, 9.17) is 29.9 Å². The number of hydrogen-bond donors (Lipinski definition) is 5. The van der Waals surface area contributed by atoms with E-state index < -0.39 is 36.9 Å². The summed E-state index contributed by atoms with van der Waals surface area (Å²) in [6.07, 6.45) is 0. The van der Waals surface area contributed by atoms with E-state index >= 15 is 0 Å². The molecule has 0 heterocycles. The van der Waals surface area contributed by atoms with E-state index in [1.165, 1.54) is 66.7 Å². The predicted octanol–water partition coefficient (Wildman–Crippen LogP) is 6.94. The zero-order valence-electron chi connectivity index (χ0n) is 25.8. The Labute approximate surface area is 306 Å². The van der Waals surface area contributed by atoms with Gasteiger partial charge in [-0.05, 0) is 60.7 Å². The zero-order chi connectivity index (χ0) is 37.6. The summed E-state index contributed by atoms with van der Waals surface area (Å²) < 4.78 is 72.8. The fourth-order valence-electron chi connectivity index (χ4n) is 4.07. The van der Waals surface area contributed by atoms with Gasteiger partial charge < -0.3 is 10.8 Å². The number of nitrogen functional groups attached to an aromatic ring is 1. The Bertz CT molecular complexity index is 2090. The molecular formula is C26H25N5O16S5. The monoisotopic (exact) mass is 823 g/mol. The smallest absolute Gasteiger partial charge is 0.197 e. The molecule has 4 rings (SSSR count). The van der Waals surface area contributed by atoms with Gasteiger partial charge in [-0.3, -0.25) is 8.37 Å². The van der Waals surface area contributed by atoms with Crippen molar-refractivity contribution >= 4 is 95.6 Å². The van der Waals surface area contributed by atoms with Crippen LogP contribution in [0.4, 0.5) is 28.4 Å². The van der Waals surface area contributed by atoms with Crippen LogP contribution in [0.3, 0.4) is 0 Å². The van der Waals surface area contributed by atoms with Crippen LogP contribution in [0.1, 0.15) is 0 Å². The van der Waals surface area contributed by atoms with E-state index in [1.54, 1.807) is 0 Å². The van der Waals surface area contributed by atoms with Crippen molar-refractivity contribution in [1.29, 1.82) is 0 Å². The molecule has 21 nitrogen and oxygen atoms in total. The van der Waals surface area contributed by atoms with Gasteiger partial charge in [0.1, 0.15) is 11.4 Å². The highest BCUT2D eigenvalue weighted by Crippen LogP contribution is 2.47. The number of aromatic hydroxyl groups is 1. The molecule has 0 fully saturated rings. The standard InChI is InChI=1S/C26H25N5O16S5/c27-22-9-8-20-21(24(22)30-28-16-4-6-18(7-5-16)51(36,37)12-10-40-49-46-43-34)15-23(48-45-42-33)25(26(20)32)31-29-17-2-1-3-19(14-17)52(38,39)13-11-41-50-47-44-35/h1-9,14-15,32-35H,10-13,27H2/b30-28+,31-29+. The van der Waals surface area contributed by atoms with E-state index in [2.05, 4.69) is 48.6 Å². The van der Waals surface area contributed by atoms with Gasteiger partial charge in [-0.25, -0.2) is 32.6 Å². The van der Waals surface area contributed by atoms with Crippen LogP contribution in [0.5, 0.6) is 5.75 Å². The number of sulfone groups is 2. The molecule has 0 atom stereocenters. The number of phenolic OH excluding ortho intramolecular Hbond substituents is 1. The summed E-state index contributed by atoms with van der Waals surface area (Å²) in [4.78, 5) is -0.0921. The molecule has 6 N–H and O–H groups in total. The Hall–Kier alpha value is -3.55. The normalized spacial score (nSPS) is 12.4. The molecular weight excluding hydrogens is 799 g/mol. The summed E-state index contributed by atoms with van der Waals surface area (Å²) in [7, 11) is -7.60. The van der Waals surface area contributed by atoms with Gasteiger partial charge in [-0.2, -0.15) is 10.2 Å². The van der Waals surface area contributed by atoms with Crippen LogP contribution in [0, 0.1) is 0 Å². The first-order valence-electron chi connectivity index (χ1n) is 13.8. The van der Waals surface area contributed by atoms with Gasteiger partial charge in [0.25, 0.3) is 0 Å². The molecule has 0 amide bonds. The lowest BCUT2D eigenvalue weighted by atomic mass is 10.1. The van der Waals surface area contributed by atoms with Crippen molar-refractivity contribution < 1.29 is 74.2 Å². The Morgan fingerprint density at radius 2 is 1.23 bits per heavy atom. The van der Waals surface area contributed by atoms with Gasteiger partial charge in [0, 0.05) is 10.8 Å². The Morgan fingerprint density at radius 1 is 0.635 bits per heavy atom. The topological polar surface area (TPSA) is 298 Å². The van der Waals surface area contributed by atoms with Crippen LogP contribution in [0.25, 0.3) is 10.8 Å². The molecule has 0 spiro atoms. The minimum atomic E-state index is -3.85. The molecule has 4 aromatic rings. The fourth-order valence-corrected chi connectivity index (χ4v) is 7.42. The second-order valence-electron chi connectivity index (χ2n) is 9.49. The van der Waals surface area contributed by atoms with Crippen LogP contribution < -0.4 is 5.73 Å². The molecule has 0 saturated carbocycles. The minimum Gasteiger partial charge on any atom is -0.505 e. The predicted molar refractivity (Wildman–Crippen MR) is 183 cm³/mol. The van der Waals surface area contributed by atoms with Crippen molar-refractivity contribution in [3.8, 4) is 5.75 Å². The van der Waals surface area contributed by atoms with Crippen LogP contribution in [0.2, 0.25) is 0 Å². The second kappa shape index (κ2) is 20.1. The SMILES string of the molecule is Nc1ccc2c(O)c(/N=N/c3cccc(S(=O)(=O)CCOSOOO)c3)c(SOOO)cc2c1/N=N/c1ccc(S(=O)(=O)CCOSOOO)cc1. The molecule has 52 heavy (non-hydrogen) atoms. The Kier molecular flexibility index (Phi) is 15.9. The quantitative estimate of drug-likeness (QED) is 0.0142. The minimum absolute atomic E-state index is 0.0256. The fraction of sp³-hybridized carbons (Fsp3) is 0.154. The van der Waals surface area contributed by atoms with Crippen molar-refractivity contribution in [3.05, 3.63) is 66.7 Å². The van der Waals surface area contributed by atoms with Crippen molar-refractivity contribution in [2.75, 3.05) is 30.5 Å². The number of phenols is 1. The average molecular weight is 824 g/mol. The molecule has 0 radical (unpaired) electrons. The maximum absolute atomic E-state index is 12.7. The molecule has 0 aliphatic carbocycles. The Morgan fingerprint density at radius 3 is 1.87 bits per heavy atom. The maximum atomic E-state index is 12.7. The van der Waals surface area contributed by atoms with Gasteiger partial charge >= 0.3 is 0 Å². The van der Waals surface area contributed by atoms with Gasteiger partial charge in [-0.15, -0.1) is 23.2 Å². The summed E-state index contributed by atoms with van der Waals surface area (Å²) in [5.74, 6) is -1.28. The molecule has 280 valence electrons. The molecule has 0 aliphatic heterocycles. The number of nitrogens with two attached hydrogens (primary N) is 1. The molecule has 0 unspecified atom stereocenters. The number of azo groups is 2. The van der Waals surface area contributed by atoms with Crippen molar-refractivity contribution in [1.82, 2.24) is 0 Å². The van der Waals surface area contributed by atoms with E-state index in [-0.39, 0.29) is 91.8 Å². The number of benzene rings is 4. The summed E-state index contributed by atoms with van der Waals surface area (Å²) in [5.41, 5.74) is 6.61. The van der Waals surface area contributed by atoms with Crippen molar-refractivity contribution in [3.63, 3.8) is 0 Å². The summed E-state index contributed by atoms with van der Waals surface area (Å²) >= 11 is 0.924. The van der Waals surface area contributed by atoms with Gasteiger partial charge in [-0.1, -0.05) is 21.2 Å². The highest BCUT2D eigenvalue weighted by Gasteiger charge is 2.20. The lowest BCUT2D eigenvalue weighted by Gasteiger charge is -2.11. The number of nitrogens with zero attached hydrogens (tertiary/aromatic N) is 4. The van der Waals surface area contributed by atoms with Crippen LogP contribution >= 0.6 is 36.7 Å².